The van der Waals surface area contributed by atoms with Crippen molar-refractivity contribution in [3.63, 3.8) is 0 Å². The van der Waals surface area contributed by atoms with Crippen LogP contribution in [-0.2, 0) is 12.0 Å². The van der Waals surface area contributed by atoms with Crippen LogP contribution in [0.2, 0.25) is 0 Å². The van der Waals surface area contributed by atoms with Crippen molar-refractivity contribution in [1.29, 1.82) is 0 Å². The molecule has 0 aliphatic heterocycles. The molecule has 1 fully saturated rings. The second-order valence-electron chi connectivity index (χ2n) is 4.64. The summed E-state index contributed by atoms with van der Waals surface area (Å²) in [6.07, 6.45) is 4.94. The summed E-state index contributed by atoms with van der Waals surface area (Å²) >= 11 is 1.71. The highest BCUT2D eigenvalue weighted by Crippen LogP contribution is 2.35. The van der Waals surface area contributed by atoms with Crippen LogP contribution < -0.4 is 5.73 Å². The van der Waals surface area contributed by atoms with E-state index in [1.807, 2.05) is 6.07 Å². The normalized spacial score (nSPS) is 17.6. The van der Waals surface area contributed by atoms with Crippen LogP contribution in [0.3, 0.4) is 0 Å². The van der Waals surface area contributed by atoms with E-state index in [1.165, 1.54) is 4.88 Å². The maximum Gasteiger partial charge on any atom is 0.246 e. The molecule has 0 atom stereocenters. The van der Waals surface area contributed by atoms with Gasteiger partial charge in [0.05, 0.1) is 5.54 Å². The molecule has 2 aromatic heterocycles. The maximum absolute atomic E-state index is 6.27. The third-order valence-corrected chi connectivity index (χ3v) is 4.18. The molecule has 1 saturated carbocycles. The van der Waals surface area contributed by atoms with Crippen molar-refractivity contribution in [3.05, 3.63) is 34.1 Å². The Balaban J connectivity index is 0.00000120. The van der Waals surface area contributed by atoms with Gasteiger partial charge in [0.1, 0.15) is 0 Å². The standard InChI is InChI=1S/C12H15N3OS.ClH/c13-12(5-1-2-6-12)11-14-10(15-16-11)8-9-4-3-7-17-9;/h3-4,7H,1-2,5-6,8,13H2;1H. The van der Waals surface area contributed by atoms with Gasteiger partial charge in [0, 0.05) is 11.3 Å². The zero-order chi connectivity index (χ0) is 11.7. The summed E-state index contributed by atoms with van der Waals surface area (Å²) in [6.45, 7) is 0. The highest BCUT2D eigenvalue weighted by Gasteiger charge is 2.36. The molecule has 4 nitrogen and oxygen atoms in total. The molecule has 0 saturated heterocycles. The predicted octanol–water partition coefficient (Wildman–Crippen LogP) is 2.87. The lowest BCUT2D eigenvalue weighted by molar-refractivity contribution is 0.284. The first-order valence-electron chi connectivity index (χ1n) is 5.91. The Kier molecular flexibility index (Phi) is 4.04. The van der Waals surface area contributed by atoms with Crippen molar-refractivity contribution in [2.75, 3.05) is 0 Å². The summed E-state index contributed by atoms with van der Waals surface area (Å²) in [5.74, 6) is 1.35. The second-order valence-corrected chi connectivity index (χ2v) is 5.67. The number of thiophene rings is 1. The van der Waals surface area contributed by atoms with Crippen LogP contribution in [0, 0.1) is 0 Å². The van der Waals surface area contributed by atoms with Crippen molar-refractivity contribution in [3.8, 4) is 0 Å². The Hall–Kier alpha value is -0.910. The minimum absolute atomic E-state index is 0. The predicted molar refractivity (Wildman–Crippen MR) is 73.0 cm³/mol. The van der Waals surface area contributed by atoms with E-state index in [1.54, 1.807) is 11.3 Å². The molecule has 0 spiro atoms. The van der Waals surface area contributed by atoms with Crippen LogP contribution in [0.5, 0.6) is 0 Å². The molecule has 0 unspecified atom stereocenters. The van der Waals surface area contributed by atoms with E-state index in [0.717, 1.165) is 37.9 Å². The molecule has 0 aromatic carbocycles. The third-order valence-electron chi connectivity index (χ3n) is 3.30. The molecular weight excluding hydrogens is 270 g/mol. The maximum atomic E-state index is 6.27. The minimum atomic E-state index is -0.374. The van der Waals surface area contributed by atoms with Crippen LogP contribution in [0.15, 0.2) is 22.0 Å². The Morgan fingerprint density at radius 3 is 2.83 bits per heavy atom. The average Bonchev–Trinajstić information content (AvgIpc) is 3.00. The van der Waals surface area contributed by atoms with Gasteiger partial charge in [-0.15, -0.1) is 23.7 Å². The van der Waals surface area contributed by atoms with Gasteiger partial charge in [-0.1, -0.05) is 24.1 Å². The van der Waals surface area contributed by atoms with E-state index in [2.05, 4.69) is 21.6 Å². The number of hydrogen-bond acceptors (Lipinski definition) is 5. The molecule has 18 heavy (non-hydrogen) atoms. The highest BCUT2D eigenvalue weighted by atomic mass is 35.5. The molecule has 3 rings (SSSR count). The van der Waals surface area contributed by atoms with E-state index in [-0.39, 0.29) is 17.9 Å². The lowest BCUT2D eigenvalue weighted by atomic mass is 9.99. The van der Waals surface area contributed by atoms with E-state index < -0.39 is 0 Å². The van der Waals surface area contributed by atoms with Crippen molar-refractivity contribution >= 4 is 23.7 Å². The number of hydrogen-bond donors (Lipinski definition) is 1. The molecule has 2 aromatic rings. The molecule has 1 aliphatic rings. The summed E-state index contributed by atoms with van der Waals surface area (Å²) in [5.41, 5.74) is 5.90. The molecule has 0 amide bonds. The Morgan fingerprint density at radius 1 is 1.39 bits per heavy atom. The summed E-state index contributed by atoms with van der Waals surface area (Å²) in [6, 6.07) is 4.11. The number of rotatable bonds is 3. The molecule has 6 heteroatoms. The largest absolute Gasteiger partial charge is 0.337 e. The van der Waals surface area contributed by atoms with Crippen LogP contribution >= 0.6 is 23.7 Å². The number of aromatic nitrogens is 2. The van der Waals surface area contributed by atoms with Crippen LogP contribution in [0.1, 0.15) is 42.3 Å². The van der Waals surface area contributed by atoms with E-state index >= 15 is 0 Å². The van der Waals surface area contributed by atoms with Gasteiger partial charge in [0.2, 0.25) is 5.89 Å². The van der Waals surface area contributed by atoms with Crippen LogP contribution in [0.4, 0.5) is 0 Å². The van der Waals surface area contributed by atoms with Gasteiger partial charge in [0.15, 0.2) is 5.82 Å². The second kappa shape index (κ2) is 5.38. The molecule has 98 valence electrons. The summed E-state index contributed by atoms with van der Waals surface area (Å²) in [4.78, 5) is 5.69. The summed E-state index contributed by atoms with van der Waals surface area (Å²) < 4.78 is 5.32. The monoisotopic (exact) mass is 285 g/mol. The van der Waals surface area contributed by atoms with Gasteiger partial charge in [-0.3, -0.25) is 0 Å². The van der Waals surface area contributed by atoms with Gasteiger partial charge in [-0.2, -0.15) is 4.98 Å². The fraction of sp³-hybridized carbons (Fsp3) is 0.500. The van der Waals surface area contributed by atoms with Crippen LogP contribution in [0.25, 0.3) is 0 Å². The Labute approximate surface area is 116 Å². The SMILES string of the molecule is Cl.NC1(c2nc(Cc3cccs3)no2)CCCC1. The molecule has 2 heterocycles. The lowest BCUT2D eigenvalue weighted by Gasteiger charge is -2.17. The molecule has 0 radical (unpaired) electrons. The summed E-state index contributed by atoms with van der Waals surface area (Å²) in [5, 5.41) is 6.07. The minimum Gasteiger partial charge on any atom is -0.337 e. The van der Waals surface area contributed by atoms with E-state index in [0.29, 0.717) is 5.89 Å². The molecule has 0 bridgehead atoms. The number of nitrogens with zero attached hydrogens (tertiary/aromatic N) is 2. The quantitative estimate of drug-likeness (QED) is 0.942. The van der Waals surface area contributed by atoms with Gasteiger partial charge < -0.3 is 10.3 Å². The zero-order valence-corrected chi connectivity index (χ0v) is 11.6. The molecule has 2 N–H and O–H groups in total. The Morgan fingerprint density at radius 2 is 2.17 bits per heavy atom. The molecular formula is C12H16ClN3OS. The van der Waals surface area contributed by atoms with Gasteiger partial charge in [-0.05, 0) is 24.3 Å². The first-order valence-corrected chi connectivity index (χ1v) is 6.79. The van der Waals surface area contributed by atoms with Crippen molar-refractivity contribution in [1.82, 2.24) is 10.1 Å². The van der Waals surface area contributed by atoms with Gasteiger partial charge in [-0.25, -0.2) is 0 Å². The summed E-state index contributed by atoms with van der Waals surface area (Å²) in [7, 11) is 0. The zero-order valence-electron chi connectivity index (χ0n) is 9.96. The third kappa shape index (κ3) is 2.58. The fourth-order valence-corrected chi connectivity index (χ4v) is 3.02. The van der Waals surface area contributed by atoms with Crippen LogP contribution in [-0.4, -0.2) is 10.1 Å². The van der Waals surface area contributed by atoms with E-state index in [4.69, 9.17) is 10.3 Å². The van der Waals surface area contributed by atoms with Gasteiger partial charge in [0.25, 0.3) is 0 Å². The van der Waals surface area contributed by atoms with Crippen molar-refractivity contribution in [2.24, 2.45) is 5.73 Å². The average molecular weight is 286 g/mol. The fourth-order valence-electron chi connectivity index (χ4n) is 2.32. The first kappa shape index (κ1) is 13.5. The van der Waals surface area contributed by atoms with Crippen molar-refractivity contribution in [2.45, 2.75) is 37.6 Å². The van der Waals surface area contributed by atoms with E-state index in [9.17, 15) is 0 Å². The van der Waals surface area contributed by atoms with Gasteiger partial charge >= 0.3 is 0 Å². The first-order chi connectivity index (χ1) is 8.26. The van der Waals surface area contributed by atoms with Crippen molar-refractivity contribution < 1.29 is 4.52 Å². The topological polar surface area (TPSA) is 64.9 Å². The highest BCUT2D eigenvalue weighted by molar-refractivity contribution is 7.09. The smallest absolute Gasteiger partial charge is 0.246 e. The molecule has 1 aliphatic carbocycles. The number of halogens is 1. The lowest BCUT2D eigenvalue weighted by Crippen LogP contribution is -2.33. The number of nitrogens with two attached hydrogens (primary N) is 1. The Bertz CT molecular complexity index is 491.